The third kappa shape index (κ3) is 5.15. The van der Waals surface area contributed by atoms with Crippen molar-refractivity contribution < 1.29 is 53.4 Å². The average Bonchev–Trinajstić information content (AvgIpc) is 2.80. The summed E-state index contributed by atoms with van der Waals surface area (Å²) in [6.45, 7) is 3.73. The number of ether oxygens (including phenoxy) is 4. The van der Waals surface area contributed by atoms with E-state index in [1.807, 2.05) is 0 Å². The zero-order chi connectivity index (χ0) is 27.0. The molecule has 1 aliphatic heterocycles. The third-order valence-corrected chi connectivity index (χ3v) is 5.64. The van der Waals surface area contributed by atoms with Gasteiger partial charge in [0.25, 0.3) is 0 Å². The van der Waals surface area contributed by atoms with Gasteiger partial charge in [-0.25, -0.2) is 0 Å². The molecule has 1 fully saturated rings. The molecule has 1 aromatic heterocycles. The summed E-state index contributed by atoms with van der Waals surface area (Å²) < 4.78 is 27.7. The van der Waals surface area contributed by atoms with Crippen LogP contribution in [0.1, 0.15) is 20.8 Å². The summed E-state index contributed by atoms with van der Waals surface area (Å²) in [4.78, 5) is 36.8. The first-order valence-corrected chi connectivity index (χ1v) is 11.1. The van der Waals surface area contributed by atoms with Crippen LogP contribution in [0.25, 0.3) is 22.3 Å². The maximum absolute atomic E-state index is 13.5. The molecule has 12 nitrogen and oxygen atoms in total. The quantitative estimate of drug-likeness (QED) is 0.362. The molecule has 37 heavy (non-hydrogen) atoms. The van der Waals surface area contributed by atoms with E-state index in [9.17, 15) is 34.8 Å². The Kier molecular flexibility index (Phi) is 6.96. The van der Waals surface area contributed by atoms with Crippen molar-refractivity contribution in [2.24, 2.45) is 0 Å². The fourth-order valence-corrected chi connectivity index (χ4v) is 4.06. The smallest absolute Gasteiger partial charge is 0.303 e. The van der Waals surface area contributed by atoms with Crippen LogP contribution in [0.15, 0.2) is 45.6 Å². The van der Waals surface area contributed by atoms with E-state index in [-0.39, 0.29) is 33.8 Å². The first kappa shape index (κ1) is 25.8. The SMILES string of the molecule is CC(=O)O[C@@H]1[C@H](O)C(Oc2c(-c3ccc(O)cc3)oc3cc(O)cc(O)c3c2=O)OC(C)[C@@H]1OC(C)=O. The highest BCUT2D eigenvalue weighted by atomic mass is 16.7. The van der Waals surface area contributed by atoms with Crippen LogP contribution in [-0.2, 0) is 23.8 Å². The summed E-state index contributed by atoms with van der Waals surface area (Å²) in [7, 11) is 0. The number of hydrogen-bond acceptors (Lipinski definition) is 12. The lowest BCUT2D eigenvalue weighted by atomic mass is 9.99. The second-order valence-corrected chi connectivity index (χ2v) is 8.44. The van der Waals surface area contributed by atoms with Crippen LogP contribution in [-0.4, -0.2) is 63.1 Å². The van der Waals surface area contributed by atoms with Crippen LogP contribution >= 0.6 is 0 Å². The van der Waals surface area contributed by atoms with E-state index in [0.717, 1.165) is 26.0 Å². The van der Waals surface area contributed by atoms with Gasteiger partial charge in [-0.1, -0.05) is 0 Å². The van der Waals surface area contributed by atoms with Crippen molar-refractivity contribution >= 4 is 22.9 Å². The summed E-state index contributed by atoms with van der Waals surface area (Å²) >= 11 is 0. The number of aliphatic hydroxyl groups excluding tert-OH is 1. The molecule has 3 aromatic rings. The van der Waals surface area contributed by atoms with Crippen LogP contribution in [0, 0.1) is 0 Å². The molecular weight excluding hydrogens is 492 g/mol. The van der Waals surface area contributed by atoms with Crippen molar-refractivity contribution in [1.82, 2.24) is 0 Å². The largest absolute Gasteiger partial charge is 0.508 e. The Labute approximate surface area is 209 Å². The Balaban J connectivity index is 1.83. The molecule has 0 aliphatic carbocycles. The minimum absolute atomic E-state index is 0.0646. The maximum atomic E-state index is 13.5. The zero-order valence-corrected chi connectivity index (χ0v) is 19.9. The third-order valence-electron chi connectivity index (χ3n) is 5.64. The van der Waals surface area contributed by atoms with Gasteiger partial charge in [0.05, 0.1) is 6.10 Å². The van der Waals surface area contributed by atoms with E-state index in [1.165, 1.54) is 31.2 Å². The molecule has 5 atom stereocenters. The summed E-state index contributed by atoms with van der Waals surface area (Å²) in [5.41, 5.74) is -0.761. The Bertz CT molecular complexity index is 1390. The number of carbonyl (C=O) groups is 2. The molecule has 0 amide bonds. The van der Waals surface area contributed by atoms with Crippen LogP contribution in [0.4, 0.5) is 0 Å². The molecule has 0 spiro atoms. The molecule has 0 bridgehead atoms. The van der Waals surface area contributed by atoms with Crippen molar-refractivity contribution in [2.75, 3.05) is 0 Å². The molecule has 1 saturated heterocycles. The predicted molar refractivity (Wildman–Crippen MR) is 125 cm³/mol. The molecule has 2 aromatic carbocycles. The number of carbonyl (C=O) groups excluding carboxylic acids is 2. The fraction of sp³-hybridized carbons (Fsp3) is 0.320. The average molecular weight is 516 g/mol. The molecule has 4 N–H and O–H groups in total. The summed E-state index contributed by atoms with van der Waals surface area (Å²) in [6.07, 6.45) is -6.85. The first-order chi connectivity index (χ1) is 17.5. The van der Waals surface area contributed by atoms with Crippen molar-refractivity contribution in [3.63, 3.8) is 0 Å². The Hall–Kier alpha value is -4.29. The minimum Gasteiger partial charge on any atom is -0.508 e. The highest BCUT2D eigenvalue weighted by Crippen LogP contribution is 2.37. The Morgan fingerprint density at radius 1 is 0.919 bits per heavy atom. The van der Waals surface area contributed by atoms with E-state index in [1.54, 1.807) is 0 Å². The number of benzene rings is 2. The number of aromatic hydroxyl groups is 3. The molecule has 196 valence electrons. The molecule has 12 heteroatoms. The van der Waals surface area contributed by atoms with E-state index >= 15 is 0 Å². The molecule has 2 heterocycles. The van der Waals surface area contributed by atoms with Gasteiger partial charge in [-0.15, -0.1) is 0 Å². The lowest BCUT2D eigenvalue weighted by Crippen LogP contribution is -2.61. The predicted octanol–water partition coefficient (Wildman–Crippen LogP) is 1.92. The minimum atomic E-state index is -1.72. The zero-order valence-electron chi connectivity index (χ0n) is 19.9. The van der Waals surface area contributed by atoms with Gasteiger partial charge in [0.15, 0.2) is 24.1 Å². The second kappa shape index (κ2) is 9.99. The van der Waals surface area contributed by atoms with E-state index in [2.05, 4.69) is 0 Å². The van der Waals surface area contributed by atoms with Gasteiger partial charge >= 0.3 is 11.9 Å². The molecule has 0 saturated carbocycles. The van der Waals surface area contributed by atoms with Crippen molar-refractivity contribution in [2.45, 2.75) is 51.5 Å². The summed E-state index contributed by atoms with van der Waals surface area (Å²) in [5.74, 6) is -3.14. The van der Waals surface area contributed by atoms with Gasteiger partial charge in [-0.2, -0.15) is 0 Å². The lowest BCUT2D eigenvalue weighted by molar-refractivity contribution is -0.276. The van der Waals surface area contributed by atoms with Gasteiger partial charge in [-0.05, 0) is 31.2 Å². The maximum Gasteiger partial charge on any atom is 0.303 e. The molecule has 1 aliphatic rings. The number of fused-ring (bicyclic) bond motifs is 1. The van der Waals surface area contributed by atoms with Crippen LogP contribution in [0.2, 0.25) is 0 Å². The number of aliphatic hydroxyl groups is 1. The number of rotatable bonds is 5. The number of phenolic OH excluding ortho intramolecular Hbond substituents is 3. The number of hydrogen-bond donors (Lipinski definition) is 4. The number of phenols is 3. The van der Waals surface area contributed by atoms with Gasteiger partial charge in [-0.3, -0.25) is 14.4 Å². The topological polar surface area (TPSA) is 182 Å². The van der Waals surface area contributed by atoms with Crippen LogP contribution in [0.5, 0.6) is 23.0 Å². The van der Waals surface area contributed by atoms with E-state index in [0.29, 0.717) is 0 Å². The standard InChI is InChI=1S/C25H24O12/c1-10-21(34-11(2)26)24(35-12(3)27)20(32)25(33-10)37-23-19(31)18-16(30)8-15(29)9-17(18)36-22(23)13-4-6-14(28)7-5-13/h4-10,20-21,24-25,28-30,32H,1-3H3/t10?,20-,21-,24+,25?/m0/s1. The molecule has 0 radical (unpaired) electrons. The Morgan fingerprint density at radius 2 is 1.54 bits per heavy atom. The lowest BCUT2D eigenvalue weighted by Gasteiger charge is -2.41. The van der Waals surface area contributed by atoms with Crippen molar-refractivity contribution in [3.8, 4) is 34.3 Å². The molecular formula is C25H24O12. The fourth-order valence-electron chi connectivity index (χ4n) is 4.06. The molecule has 4 rings (SSSR count). The van der Waals surface area contributed by atoms with E-state index < -0.39 is 59.6 Å². The van der Waals surface area contributed by atoms with Gasteiger partial charge < -0.3 is 43.8 Å². The van der Waals surface area contributed by atoms with Crippen molar-refractivity contribution in [3.05, 3.63) is 46.6 Å². The van der Waals surface area contributed by atoms with Gasteiger partial charge in [0, 0.05) is 31.5 Å². The highest BCUT2D eigenvalue weighted by molar-refractivity contribution is 5.88. The van der Waals surface area contributed by atoms with E-state index in [4.69, 9.17) is 23.4 Å². The molecule has 2 unspecified atom stereocenters. The van der Waals surface area contributed by atoms with Crippen LogP contribution < -0.4 is 10.2 Å². The summed E-state index contributed by atoms with van der Waals surface area (Å²) in [6, 6.07) is 7.58. The van der Waals surface area contributed by atoms with Crippen LogP contribution in [0.3, 0.4) is 0 Å². The second-order valence-electron chi connectivity index (χ2n) is 8.44. The summed E-state index contributed by atoms with van der Waals surface area (Å²) in [5, 5.41) is 40.5. The Morgan fingerprint density at radius 3 is 2.16 bits per heavy atom. The number of esters is 2. The van der Waals surface area contributed by atoms with Crippen molar-refractivity contribution in [1.29, 1.82) is 0 Å². The monoisotopic (exact) mass is 516 g/mol. The van der Waals surface area contributed by atoms with Gasteiger partial charge in [0.2, 0.25) is 17.5 Å². The van der Waals surface area contributed by atoms with Gasteiger partial charge in [0.1, 0.15) is 28.2 Å². The highest BCUT2D eigenvalue weighted by Gasteiger charge is 2.49. The normalized spacial score (nSPS) is 23.4. The first-order valence-electron chi connectivity index (χ1n) is 11.1.